The van der Waals surface area contributed by atoms with Crippen molar-refractivity contribution in [3.05, 3.63) is 68.4 Å². The SMILES string of the molecule is CC(C)=CCc1c(O)c(CC=C(C)C)c2oc3c(c(=O)c2c1O)CC(C(C)(C)O)Oc1cc(O)ccc1-3. The molecule has 7 nitrogen and oxygen atoms in total. The van der Waals surface area contributed by atoms with Crippen LogP contribution in [0.1, 0.15) is 58.2 Å². The second kappa shape index (κ2) is 9.63. The minimum atomic E-state index is -1.33. The first kappa shape index (κ1) is 26.4. The Morgan fingerprint density at radius 1 is 1.00 bits per heavy atom. The van der Waals surface area contributed by atoms with Gasteiger partial charge in [-0.25, -0.2) is 0 Å². The molecular formula is C30H34O7. The number of fused-ring (bicyclic) bond motifs is 4. The van der Waals surface area contributed by atoms with Crippen LogP contribution in [0.2, 0.25) is 0 Å². The van der Waals surface area contributed by atoms with Gasteiger partial charge in [0.05, 0.1) is 11.2 Å². The van der Waals surface area contributed by atoms with Crippen LogP contribution in [0.5, 0.6) is 23.0 Å². The molecule has 196 valence electrons. The second-order valence-electron chi connectivity index (χ2n) is 10.7. The van der Waals surface area contributed by atoms with Crippen molar-refractivity contribution in [1.82, 2.24) is 0 Å². The first-order chi connectivity index (χ1) is 17.3. The highest BCUT2D eigenvalue weighted by atomic mass is 16.5. The maximum absolute atomic E-state index is 14.1. The average Bonchev–Trinajstić information content (AvgIpc) is 2.95. The van der Waals surface area contributed by atoms with E-state index in [0.717, 1.165) is 11.1 Å². The van der Waals surface area contributed by atoms with Gasteiger partial charge in [-0.3, -0.25) is 4.79 Å². The second-order valence-corrected chi connectivity index (χ2v) is 10.7. The summed E-state index contributed by atoms with van der Waals surface area (Å²) in [5.74, 6) is -0.00338. The van der Waals surface area contributed by atoms with Gasteiger partial charge >= 0.3 is 0 Å². The number of hydrogen-bond acceptors (Lipinski definition) is 7. The fourth-order valence-electron chi connectivity index (χ4n) is 4.52. The number of ether oxygens (including phenoxy) is 1. The van der Waals surface area contributed by atoms with Crippen LogP contribution in [-0.2, 0) is 19.3 Å². The van der Waals surface area contributed by atoms with Gasteiger partial charge in [0.15, 0.2) is 5.43 Å². The van der Waals surface area contributed by atoms with Crippen molar-refractivity contribution in [2.24, 2.45) is 0 Å². The molecule has 4 rings (SSSR count). The topological polar surface area (TPSA) is 120 Å². The molecule has 1 atom stereocenters. The third-order valence-electron chi connectivity index (χ3n) is 6.66. The molecule has 1 aliphatic rings. The Hall–Kier alpha value is -3.71. The van der Waals surface area contributed by atoms with Crippen LogP contribution in [0, 0.1) is 0 Å². The van der Waals surface area contributed by atoms with E-state index < -0.39 is 17.1 Å². The molecule has 0 radical (unpaired) electrons. The molecule has 7 heteroatoms. The lowest BCUT2D eigenvalue weighted by atomic mass is 9.91. The van der Waals surface area contributed by atoms with Crippen molar-refractivity contribution in [2.75, 3.05) is 0 Å². The number of rotatable bonds is 5. The van der Waals surface area contributed by atoms with Gasteiger partial charge in [-0.2, -0.15) is 0 Å². The number of phenolic OH excluding ortho intramolecular Hbond substituents is 3. The van der Waals surface area contributed by atoms with E-state index in [0.29, 0.717) is 17.5 Å². The molecule has 37 heavy (non-hydrogen) atoms. The smallest absolute Gasteiger partial charge is 0.200 e. The lowest BCUT2D eigenvalue weighted by molar-refractivity contribution is -0.0322. The molecule has 1 aliphatic heterocycles. The maximum Gasteiger partial charge on any atom is 0.200 e. The first-order valence-corrected chi connectivity index (χ1v) is 12.3. The van der Waals surface area contributed by atoms with Crippen LogP contribution in [0.15, 0.2) is 50.7 Å². The van der Waals surface area contributed by atoms with Gasteiger partial charge in [0, 0.05) is 29.2 Å². The lowest BCUT2D eigenvalue weighted by Gasteiger charge is -2.28. The van der Waals surface area contributed by atoms with Crippen molar-refractivity contribution in [2.45, 2.75) is 72.5 Å². The van der Waals surface area contributed by atoms with E-state index in [4.69, 9.17) is 9.15 Å². The average molecular weight is 507 g/mol. The maximum atomic E-state index is 14.1. The molecule has 1 unspecified atom stereocenters. The zero-order valence-electron chi connectivity index (χ0n) is 22.1. The number of phenols is 3. The molecule has 0 spiro atoms. The molecule has 0 saturated heterocycles. The summed E-state index contributed by atoms with van der Waals surface area (Å²) in [4.78, 5) is 14.1. The van der Waals surface area contributed by atoms with Crippen LogP contribution in [0.25, 0.3) is 22.3 Å². The van der Waals surface area contributed by atoms with Crippen molar-refractivity contribution in [3.8, 4) is 34.3 Å². The summed E-state index contributed by atoms with van der Waals surface area (Å²) >= 11 is 0. The van der Waals surface area contributed by atoms with E-state index in [9.17, 15) is 25.2 Å². The highest BCUT2D eigenvalue weighted by molar-refractivity contribution is 5.92. The van der Waals surface area contributed by atoms with Gasteiger partial charge in [-0.1, -0.05) is 23.3 Å². The fraction of sp³-hybridized carbons (Fsp3) is 0.367. The van der Waals surface area contributed by atoms with Crippen LogP contribution in [-0.4, -0.2) is 32.1 Å². The summed E-state index contributed by atoms with van der Waals surface area (Å²) in [5.41, 5.74) is 1.66. The summed E-state index contributed by atoms with van der Waals surface area (Å²) < 4.78 is 12.5. The Morgan fingerprint density at radius 3 is 2.22 bits per heavy atom. The molecular weight excluding hydrogens is 472 g/mol. The van der Waals surface area contributed by atoms with Gasteiger partial charge in [-0.05, 0) is 66.5 Å². The van der Waals surface area contributed by atoms with E-state index in [2.05, 4.69) is 0 Å². The molecule has 0 saturated carbocycles. The van der Waals surface area contributed by atoms with Crippen molar-refractivity contribution >= 4 is 11.0 Å². The van der Waals surface area contributed by atoms with E-state index in [1.54, 1.807) is 19.9 Å². The van der Waals surface area contributed by atoms with Crippen LogP contribution in [0.4, 0.5) is 0 Å². The first-order valence-electron chi connectivity index (χ1n) is 12.3. The van der Waals surface area contributed by atoms with Crippen LogP contribution >= 0.6 is 0 Å². The monoisotopic (exact) mass is 506 g/mol. The summed E-state index contributed by atoms with van der Waals surface area (Å²) in [6.07, 6.45) is 3.51. The standard InChI is InChI=1S/C30H34O7/c1-15(2)7-10-19-25(32)20(11-8-16(3)4)29-24(26(19)33)27(34)21-14-23(30(5,6)35)36-22-13-17(31)9-12-18(22)28(21)37-29/h7-9,12-13,23,31-33,35H,10-11,14H2,1-6H3. The molecule has 0 fully saturated rings. The summed E-state index contributed by atoms with van der Waals surface area (Å²) in [6, 6.07) is 4.46. The van der Waals surface area contributed by atoms with Gasteiger partial charge in [0.1, 0.15) is 45.8 Å². The molecule has 0 amide bonds. The minimum absolute atomic E-state index is 0.0115. The molecule has 0 bridgehead atoms. The van der Waals surface area contributed by atoms with Gasteiger partial charge < -0.3 is 29.6 Å². The van der Waals surface area contributed by atoms with E-state index in [-0.39, 0.29) is 63.7 Å². The van der Waals surface area contributed by atoms with Crippen molar-refractivity contribution < 1.29 is 29.6 Å². The van der Waals surface area contributed by atoms with E-state index >= 15 is 0 Å². The van der Waals surface area contributed by atoms with E-state index in [1.165, 1.54) is 12.1 Å². The number of aliphatic hydroxyl groups is 1. The van der Waals surface area contributed by atoms with Gasteiger partial charge in [0.25, 0.3) is 0 Å². The largest absolute Gasteiger partial charge is 0.508 e. The zero-order valence-corrected chi connectivity index (χ0v) is 22.1. The minimum Gasteiger partial charge on any atom is -0.508 e. The molecule has 3 aromatic rings. The third kappa shape index (κ3) is 4.96. The normalized spacial score (nSPS) is 14.8. The Balaban J connectivity index is 2.14. The number of allylic oxidation sites excluding steroid dienone is 4. The van der Waals surface area contributed by atoms with Gasteiger partial charge in [0.2, 0.25) is 0 Å². The lowest BCUT2D eigenvalue weighted by Crippen LogP contribution is -2.42. The molecule has 2 heterocycles. The molecule has 1 aromatic heterocycles. The summed E-state index contributed by atoms with van der Waals surface area (Å²) in [7, 11) is 0. The highest BCUT2D eigenvalue weighted by Gasteiger charge is 2.37. The summed E-state index contributed by atoms with van der Waals surface area (Å²) in [6.45, 7) is 10.9. The molecule has 2 aromatic carbocycles. The highest BCUT2D eigenvalue weighted by Crippen LogP contribution is 2.45. The predicted octanol–water partition coefficient (Wildman–Crippen LogP) is 5.67. The number of benzene rings is 2. The Bertz CT molecular complexity index is 1490. The van der Waals surface area contributed by atoms with Gasteiger partial charge in [-0.15, -0.1) is 0 Å². The Labute approximate surface area is 216 Å². The molecule has 0 aliphatic carbocycles. The number of aromatic hydroxyl groups is 3. The number of hydrogen-bond donors (Lipinski definition) is 4. The quantitative estimate of drug-likeness (QED) is 0.329. The van der Waals surface area contributed by atoms with Crippen molar-refractivity contribution in [3.63, 3.8) is 0 Å². The Kier molecular flexibility index (Phi) is 6.86. The fourth-order valence-corrected chi connectivity index (χ4v) is 4.52. The third-order valence-corrected chi connectivity index (χ3v) is 6.66. The molecule has 4 N–H and O–H groups in total. The van der Waals surface area contributed by atoms with Crippen LogP contribution < -0.4 is 10.2 Å². The Morgan fingerprint density at radius 2 is 1.62 bits per heavy atom. The summed E-state index contributed by atoms with van der Waals surface area (Å²) in [5, 5.41) is 43.4. The predicted molar refractivity (Wildman–Crippen MR) is 144 cm³/mol. The van der Waals surface area contributed by atoms with Crippen molar-refractivity contribution in [1.29, 1.82) is 0 Å². The van der Waals surface area contributed by atoms with Crippen LogP contribution in [0.3, 0.4) is 0 Å². The zero-order chi connectivity index (χ0) is 27.2. The van der Waals surface area contributed by atoms with E-state index in [1.807, 2.05) is 39.8 Å².